The molecule has 1 N–H and O–H groups in total. The van der Waals surface area contributed by atoms with E-state index in [1.807, 2.05) is 11.7 Å². The predicted octanol–water partition coefficient (Wildman–Crippen LogP) is 1.86. The van der Waals surface area contributed by atoms with Crippen molar-refractivity contribution in [2.45, 2.75) is 32.6 Å². The van der Waals surface area contributed by atoms with E-state index >= 15 is 0 Å². The average Bonchev–Trinajstić information content (AvgIpc) is 3.11. The van der Waals surface area contributed by atoms with E-state index < -0.39 is 0 Å². The highest BCUT2D eigenvalue weighted by atomic mass is 79.9. The van der Waals surface area contributed by atoms with Gasteiger partial charge in [0.05, 0.1) is 28.8 Å². The number of nitrogens with one attached hydrogen (secondary N) is 1. The number of aromatic nitrogens is 2. The zero-order valence-corrected chi connectivity index (χ0v) is 12.6. The van der Waals surface area contributed by atoms with Crippen molar-refractivity contribution >= 4 is 21.7 Å². The van der Waals surface area contributed by atoms with Gasteiger partial charge in [-0.25, -0.2) is 0 Å². The molecule has 2 rings (SSSR count). The Morgan fingerprint density at radius 3 is 2.83 bits per heavy atom. The topological polar surface area (TPSA) is 46.9 Å². The van der Waals surface area contributed by atoms with E-state index in [-0.39, 0.29) is 5.78 Å². The van der Waals surface area contributed by atoms with Crippen LogP contribution in [0.4, 0.5) is 0 Å². The van der Waals surface area contributed by atoms with Gasteiger partial charge in [0.2, 0.25) is 0 Å². The minimum absolute atomic E-state index is 0.224. The van der Waals surface area contributed by atoms with Gasteiger partial charge in [0.25, 0.3) is 0 Å². The van der Waals surface area contributed by atoms with Crippen LogP contribution in [-0.4, -0.2) is 28.7 Å². The first-order valence-electron chi connectivity index (χ1n) is 6.54. The summed E-state index contributed by atoms with van der Waals surface area (Å²) in [5, 5.41) is 7.63. The summed E-state index contributed by atoms with van der Waals surface area (Å²) in [4.78, 5) is 11.9. The lowest BCUT2D eigenvalue weighted by Gasteiger charge is -2.04. The maximum atomic E-state index is 11.9. The highest BCUT2D eigenvalue weighted by Crippen LogP contribution is 2.27. The summed E-state index contributed by atoms with van der Waals surface area (Å²) in [5.41, 5.74) is 2.00. The zero-order valence-electron chi connectivity index (χ0n) is 11.0. The maximum Gasteiger partial charge on any atom is 0.152 e. The van der Waals surface area contributed by atoms with Crippen LogP contribution in [0.2, 0.25) is 0 Å². The highest BCUT2D eigenvalue weighted by molar-refractivity contribution is 9.10. The fraction of sp³-hybridized carbons (Fsp3) is 0.692. The van der Waals surface area contributed by atoms with Gasteiger partial charge >= 0.3 is 0 Å². The number of hydrogen-bond acceptors (Lipinski definition) is 3. The van der Waals surface area contributed by atoms with Crippen LogP contribution in [-0.2, 0) is 24.7 Å². The van der Waals surface area contributed by atoms with Crippen LogP contribution in [0, 0.1) is 5.92 Å². The molecule has 0 bridgehead atoms. The molecule has 0 saturated heterocycles. The number of nitrogens with zero attached hydrogens (tertiary/aromatic N) is 2. The molecule has 0 spiro atoms. The molecule has 0 radical (unpaired) electrons. The standard InChI is InChI=1S/C13H20BrN3O/c1-3-11-13(14)12(17(2)16-11)6-10(18)8-15-7-9-4-5-9/h9,15H,3-8H2,1-2H3. The van der Waals surface area contributed by atoms with Crippen LogP contribution in [0.5, 0.6) is 0 Å². The van der Waals surface area contributed by atoms with E-state index in [0.29, 0.717) is 13.0 Å². The lowest BCUT2D eigenvalue weighted by atomic mass is 10.2. The van der Waals surface area contributed by atoms with Crippen LogP contribution in [0.3, 0.4) is 0 Å². The first kappa shape index (κ1) is 13.7. The van der Waals surface area contributed by atoms with E-state index in [0.717, 1.165) is 34.7 Å². The number of aryl methyl sites for hydroxylation is 2. The number of carbonyl (C=O) groups excluding carboxylic acids is 1. The highest BCUT2D eigenvalue weighted by Gasteiger charge is 2.21. The Hall–Kier alpha value is -0.680. The molecule has 4 nitrogen and oxygen atoms in total. The number of hydrogen-bond donors (Lipinski definition) is 1. The molecule has 0 atom stereocenters. The zero-order chi connectivity index (χ0) is 13.1. The summed E-state index contributed by atoms with van der Waals surface area (Å²) < 4.78 is 2.80. The van der Waals surface area contributed by atoms with E-state index in [1.165, 1.54) is 12.8 Å². The summed E-state index contributed by atoms with van der Waals surface area (Å²) in [6.07, 6.45) is 3.95. The van der Waals surface area contributed by atoms with Crippen molar-refractivity contribution < 1.29 is 4.79 Å². The van der Waals surface area contributed by atoms with Crippen LogP contribution in [0.1, 0.15) is 31.2 Å². The molecule has 0 aromatic carbocycles. The van der Waals surface area contributed by atoms with Gasteiger partial charge in [0, 0.05) is 7.05 Å². The number of rotatable bonds is 7. The van der Waals surface area contributed by atoms with Gasteiger partial charge < -0.3 is 5.32 Å². The average molecular weight is 314 g/mol. The Labute approximate surface area is 116 Å². The molecular formula is C13H20BrN3O. The molecule has 0 aliphatic heterocycles. The van der Waals surface area contributed by atoms with Crippen molar-refractivity contribution in [2.24, 2.45) is 13.0 Å². The maximum absolute atomic E-state index is 11.9. The molecule has 1 fully saturated rings. The van der Waals surface area contributed by atoms with Crippen molar-refractivity contribution in [2.75, 3.05) is 13.1 Å². The molecule has 0 unspecified atom stereocenters. The number of halogens is 1. The van der Waals surface area contributed by atoms with Gasteiger partial charge in [-0.2, -0.15) is 5.10 Å². The molecule has 1 heterocycles. The molecule has 1 aromatic rings. The quantitative estimate of drug-likeness (QED) is 0.835. The summed E-state index contributed by atoms with van der Waals surface area (Å²) >= 11 is 3.54. The Bertz CT molecular complexity index is 438. The third-order valence-electron chi connectivity index (χ3n) is 3.32. The van der Waals surface area contributed by atoms with Crippen LogP contribution in [0.25, 0.3) is 0 Å². The van der Waals surface area contributed by atoms with Crippen molar-refractivity contribution in [3.63, 3.8) is 0 Å². The molecule has 1 saturated carbocycles. The van der Waals surface area contributed by atoms with Gasteiger partial charge in [-0.05, 0) is 47.7 Å². The summed E-state index contributed by atoms with van der Waals surface area (Å²) in [6, 6.07) is 0. The van der Waals surface area contributed by atoms with Crippen molar-refractivity contribution in [3.8, 4) is 0 Å². The molecule has 0 amide bonds. The fourth-order valence-electron chi connectivity index (χ4n) is 2.00. The Balaban J connectivity index is 1.87. The Morgan fingerprint density at radius 1 is 1.56 bits per heavy atom. The monoisotopic (exact) mass is 313 g/mol. The van der Waals surface area contributed by atoms with Gasteiger partial charge in [0.15, 0.2) is 5.78 Å². The lowest BCUT2D eigenvalue weighted by molar-refractivity contribution is -0.117. The molecule has 5 heteroatoms. The molecular weight excluding hydrogens is 294 g/mol. The van der Waals surface area contributed by atoms with E-state index in [9.17, 15) is 4.79 Å². The molecule has 1 aliphatic rings. The number of carbonyl (C=O) groups is 1. The van der Waals surface area contributed by atoms with Gasteiger partial charge in [-0.1, -0.05) is 6.92 Å². The molecule has 1 aliphatic carbocycles. The van der Waals surface area contributed by atoms with Gasteiger partial charge in [-0.15, -0.1) is 0 Å². The summed E-state index contributed by atoms with van der Waals surface area (Å²) in [5.74, 6) is 1.04. The molecule has 100 valence electrons. The molecule has 1 aromatic heterocycles. The Kier molecular flexibility index (Phi) is 4.56. The second-order valence-corrected chi connectivity index (χ2v) is 5.77. The largest absolute Gasteiger partial charge is 0.310 e. The second-order valence-electron chi connectivity index (χ2n) is 4.97. The first-order chi connectivity index (χ1) is 8.61. The summed E-state index contributed by atoms with van der Waals surface area (Å²) in [6.45, 7) is 3.52. The van der Waals surface area contributed by atoms with Crippen molar-refractivity contribution in [3.05, 3.63) is 15.9 Å². The predicted molar refractivity (Wildman–Crippen MR) is 74.6 cm³/mol. The third-order valence-corrected chi connectivity index (χ3v) is 4.24. The van der Waals surface area contributed by atoms with Gasteiger partial charge in [-0.3, -0.25) is 9.48 Å². The van der Waals surface area contributed by atoms with Crippen molar-refractivity contribution in [1.82, 2.24) is 15.1 Å². The van der Waals surface area contributed by atoms with Crippen LogP contribution < -0.4 is 5.32 Å². The number of Topliss-reactive ketones (excluding diaryl/α,β-unsaturated/α-hetero) is 1. The van der Waals surface area contributed by atoms with E-state index in [4.69, 9.17) is 0 Å². The van der Waals surface area contributed by atoms with Crippen LogP contribution >= 0.6 is 15.9 Å². The smallest absolute Gasteiger partial charge is 0.152 e. The van der Waals surface area contributed by atoms with E-state index in [2.05, 4.69) is 33.3 Å². The normalized spacial score (nSPS) is 15.1. The second kappa shape index (κ2) is 5.97. The number of ketones is 1. The summed E-state index contributed by atoms with van der Waals surface area (Å²) in [7, 11) is 1.89. The van der Waals surface area contributed by atoms with Crippen molar-refractivity contribution in [1.29, 1.82) is 0 Å². The SMILES string of the molecule is CCc1nn(C)c(CC(=O)CNCC2CC2)c1Br. The molecule has 18 heavy (non-hydrogen) atoms. The Morgan fingerprint density at radius 2 is 2.28 bits per heavy atom. The van der Waals surface area contributed by atoms with Crippen LogP contribution in [0.15, 0.2) is 4.47 Å². The fourth-order valence-corrected chi connectivity index (χ4v) is 2.76. The minimum Gasteiger partial charge on any atom is -0.310 e. The third kappa shape index (κ3) is 3.42. The van der Waals surface area contributed by atoms with Gasteiger partial charge in [0.1, 0.15) is 0 Å². The first-order valence-corrected chi connectivity index (χ1v) is 7.33. The minimum atomic E-state index is 0.224. The lowest BCUT2D eigenvalue weighted by Crippen LogP contribution is -2.26. The van der Waals surface area contributed by atoms with E-state index in [1.54, 1.807) is 0 Å².